The van der Waals surface area contributed by atoms with Crippen LogP contribution in [-0.4, -0.2) is 4.90 Å². The monoisotopic (exact) mass is 328 g/mol. The van der Waals surface area contributed by atoms with Gasteiger partial charge in [0, 0.05) is 24.1 Å². The number of benzene rings is 2. The topological polar surface area (TPSA) is 15.3 Å². The maximum Gasteiger partial charge on any atom is 0.0542 e. The van der Waals surface area contributed by atoms with E-state index in [1.165, 1.54) is 16.7 Å². The number of rotatable bonds is 5. The Morgan fingerprint density at radius 1 is 1.00 bits per heavy atom. The van der Waals surface area contributed by atoms with Gasteiger partial charge in [-0.3, -0.25) is 0 Å². The van der Waals surface area contributed by atoms with Crippen molar-refractivity contribution in [2.24, 2.45) is 0 Å². The number of allylic oxidation sites excluding steroid dienone is 4. The first-order valence-electron chi connectivity index (χ1n) is 8.57. The third kappa shape index (κ3) is 3.92. The SMILES string of the molecule is C=C1C=CC(NCc2cccc(-c3ccccc3)c2)=C(C)N1/C=C\C. The molecule has 1 N–H and O–H groups in total. The highest BCUT2D eigenvalue weighted by Gasteiger charge is 2.13. The van der Waals surface area contributed by atoms with Crippen LogP contribution in [0.5, 0.6) is 0 Å². The summed E-state index contributed by atoms with van der Waals surface area (Å²) in [5.41, 5.74) is 7.01. The van der Waals surface area contributed by atoms with Crippen molar-refractivity contribution in [3.63, 3.8) is 0 Å². The Bertz CT molecular complexity index is 841. The minimum Gasteiger partial charge on any atom is -0.380 e. The van der Waals surface area contributed by atoms with Gasteiger partial charge in [-0.15, -0.1) is 0 Å². The van der Waals surface area contributed by atoms with Crippen LogP contribution in [0, 0.1) is 0 Å². The second-order valence-corrected chi connectivity index (χ2v) is 6.10. The maximum absolute atomic E-state index is 4.09. The van der Waals surface area contributed by atoms with Crippen molar-refractivity contribution >= 4 is 0 Å². The molecule has 0 saturated carbocycles. The third-order valence-electron chi connectivity index (χ3n) is 4.32. The molecule has 3 rings (SSSR count). The Hall–Kier alpha value is -3.00. The number of hydrogen-bond acceptors (Lipinski definition) is 2. The minimum absolute atomic E-state index is 0.786. The van der Waals surface area contributed by atoms with Crippen LogP contribution in [0.4, 0.5) is 0 Å². The molecule has 25 heavy (non-hydrogen) atoms. The van der Waals surface area contributed by atoms with Crippen molar-refractivity contribution in [1.82, 2.24) is 10.2 Å². The summed E-state index contributed by atoms with van der Waals surface area (Å²) in [7, 11) is 0. The van der Waals surface area contributed by atoms with Crippen molar-refractivity contribution in [2.45, 2.75) is 20.4 Å². The van der Waals surface area contributed by atoms with E-state index >= 15 is 0 Å². The fourth-order valence-corrected chi connectivity index (χ4v) is 2.96. The third-order valence-corrected chi connectivity index (χ3v) is 4.32. The summed E-state index contributed by atoms with van der Waals surface area (Å²) < 4.78 is 0. The van der Waals surface area contributed by atoms with Gasteiger partial charge in [0.2, 0.25) is 0 Å². The van der Waals surface area contributed by atoms with Crippen LogP contribution in [0.25, 0.3) is 11.1 Å². The predicted molar refractivity (Wildman–Crippen MR) is 106 cm³/mol. The largest absolute Gasteiger partial charge is 0.380 e. The van der Waals surface area contributed by atoms with Crippen molar-refractivity contribution < 1.29 is 0 Å². The first-order chi connectivity index (χ1) is 12.2. The second kappa shape index (κ2) is 7.71. The molecule has 1 aliphatic heterocycles. The quantitative estimate of drug-likeness (QED) is 0.769. The minimum atomic E-state index is 0.786. The summed E-state index contributed by atoms with van der Waals surface area (Å²) in [6.07, 6.45) is 8.20. The standard InChI is InChI=1S/C23H24N2/c1-4-15-25-18(2)13-14-23(19(25)3)24-17-20-9-8-12-22(16-20)21-10-6-5-7-11-21/h4-16,24H,2,17H2,1,3H3/b15-4-. The molecule has 2 aromatic carbocycles. The van der Waals surface area contributed by atoms with E-state index in [4.69, 9.17) is 0 Å². The van der Waals surface area contributed by atoms with Crippen molar-refractivity contribution in [3.05, 3.63) is 108 Å². The summed E-state index contributed by atoms with van der Waals surface area (Å²) in [6.45, 7) is 9.00. The first-order valence-corrected chi connectivity index (χ1v) is 8.57. The van der Waals surface area contributed by atoms with Gasteiger partial charge < -0.3 is 10.2 Å². The van der Waals surface area contributed by atoms with Crippen molar-refractivity contribution in [1.29, 1.82) is 0 Å². The Kier molecular flexibility index (Phi) is 5.20. The molecule has 2 heteroatoms. The summed E-state index contributed by atoms with van der Waals surface area (Å²) in [5.74, 6) is 0. The molecule has 1 aliphatic rings. The fourth-order valence-electron chi connectivity index (χ4n) is 2.96. The zero-order valence-corrected chi connectivity index (χ0v) is 14.9. The molecule has 0 spiro atoms. The molecule has 0 saturated heterocycles. The number of nitrogens with zero attached hydrogens (tertiary/aromatic N) is 1. The molecule has 0 amide bonds. The number of hydrogen-bond donors (Lipinski definition) is 1. The smallest absolute Gasteiger partial charge is 0.0542 e. The molecule has 2 nitrogen and oxygen atoms in total. The van der Waals surface area contributed by atoms with Gasteiger partial charge in [0.1, 0.15) is 0 Å². The molecule has 0 aromatic heterocycles. The van der Waals surface area contributed by atoms with E-state index in [9.17, 15) is 0 Å². The van der Waals surface area contributed by atoms with Crippen LogP contribution in [-0.2, 0) is 6.54 Å². The predicted octanol–water partition coefficient (Wildman–Crippen LogP) is 5.59. The highest BCUT2D eigenvalue weighted by atomic mass is 15.1. The molecule has 2 aromatic rings. The van der Waals surface area contributed by atoms with Crippen LogP contribution >= 0.6 is 0 Å². The Morgan fingerprint density at radius 3 is 2.52 bits per heavy atom. The van der Waals surface area contributed by atoms with E-state index < -0.39 is 0 Å². The molecule has 0 unspecified atom stereocenters. The van der Waals surface area contributed by atoms with E-state index in [0.29, 0.717) is 0 Å². The molecule has 0 bridgehead atoms. The molecule has 0 radical (unpaired) electrons. The van der Waals surface area contributed by atoms with Gasteiger partial charge in [0.25, 0.3) is 0 Å². The normalized spacial score (nSPS) is 14.5. The molecular formula is C23H24N2. The van der Waals surface area contributed by atoms with Crippen LogP contribution in [0.2, 0.25) is 0 Å². The lowest BCUT2D eigenvalue weighted by molar-refractivity contribution is 0.568. The van der Waals surface area contributed by atoms with Crippen LogP contribution in [0.1, 0.15) is 19.4 Å². The van der Waals surface area contributed by atoms with Gasteiger partial charge >= 0.3 is 0 Å². The maximum atomic E-state index is 4.09. The van der Waals surface area contributed by atoms with Gasteiger partial charge in [-0.1, -0.05) is 61.2 Å². The molecule has 1 heterocycles. The second-order valence-electron chi connectivity index (χ2n) is 6.10. The molecular weight excluding hydrogens is 304 g/mol. The highest BCUT2D eigenvalue weighted by Crippen LogP contribution is 2.23. The fraction of sp³-hybridized carbons (Fsp3) is 0.130. The lowest BCUT2D eigenvalue weighted by Gasteiger charge is -2.27. The number of nitrogens with one attached hydrogen (secondary N) is 1. The average molecular weight is 328 g/mol. The van der Waals surface area contributed by atoms with Gasteiger partial charge in [0.15, 0.2) is 0 Å². The van der Waals surface area contributed by atoms with Crippen molar-refractivity contribution in [2.75, 3.05) is 0 Å². The summed E-state index contributed by atoms with van der Waals surface area (Å²) in [6, 6.07) is 19.1. The highest BCUT2D eigenvalue weighted by molar-refractivity contribution is 5.63. The Balaban J connectivity index is 1.76. The summed E-state index contributed by atoms with van der Waals surface area (Å²) in [4.78, 5) is 2.10. The Labute approximate surface area is 150 Å². The molecule has 0 atom stereocenters. The van der Waals surface area contributed by atoms with Gasteiger partial charge in [-0.25, -0.2) is 0 Å². The lowest BCUT2D eigenvalue weighted by Crippen LogP contribution is -2.23. The zero-order valence-electron chi connectivity index (χ0n) is 14.9. The van der Waals surface area contributed by atoms with E-state index in [0.717, 1.165) is 23.6 Å². The van der Waals surface area contributed by atoms with Crippen molar-refractivity contribution in [3.8, 4) is 11.1 Å². The van der Waals surface area contributed by atoms with Gasteiger partial charge in [-0.2, -0.15) is 0 Å². The van der Waals surface area contributed by atoms with Crippen LogP contribution in [0.3, 0.4) is 0 Å². The zero-order chi connectivity index (χ0) is 17.6. The van der Waals surface area contributed by atoms with Gasteiger partial charge in [0.05, 0.1) is 5.70 Å². The Morgan fingerprint density at radius 2 is 1.76 bits per heavy atom. The van der Waals surface area contributed by atoms with E-state index in [1.54, 1.807) is 0 Å². The van der Waals surface area contributed by atoms with E-state index in [1.807, 2.05) is 31.3 Å². The van der Waals surface area contributed by atoms with Crippen LogP contribution in [0.15, 0.2) is 103 Å². The van der Waals surface area contributed by atoms with E-state index in [2.05, 4.69) is 78.3 Å². The summed E-state index contributed by atoms with van der Waals surface area (Å²) >= 11 is 0. The molecule has 126 valence electrons. The lowest BCUT2D eigenvalue weighted by atomic mass is 10.0. The average Bonchev–Trinajstić information content (AvgIpc) is 2.65. The molecule has 0 aliphatic carbocycles. The van der Waals surface area contributed by atoms with E-state index in [-0.39, 0.29) is 0 Å². The molecule has 0 fully saturated rings. The van der Waals surface area contributed by atoms with Crippen LogP contribution < -0.4 is 5.32 Å². The van der Waals surface area contributed by atoms with Gasteiger partial charge in [-0.05, 0) is 48.8 Å². The first kappa shape index (κ1) is 16.8. The summed E-state index contributed by atoms with van der Waals surface area (Å²) in [5, 5.41) is 3.55.